The zero-order chi connectivity index (χ0) is 34.1. The van der Waals surface area contributed by atoms with Crippen LogP contribution in [0.25, 0.3) is 66.1 Å². The number of rotatable bonds is 5. The van der Waals surface area contributed by atoms with Crippen molar-refractivity contribution < 1.29 is 4.42 Å². The molecule has 9 aromatic rings. The van der Waals surface area contributed by atoms with E-state index < -0.39 is 0 Å². The van der Waals surface area contributed by atoms with Crippen molar-refractivity contribution in [2.45, 2.75) is 19.3 Å². The highest BCUT2D eigenvalue weighted by molar-refractivity contribution is 6.22. The number of nitrogens with zero attached hydrogens (tertiary/aromatic N) is 1. The smallest absolute Gasteiger partial charge is 0.143 e. The van der Waals surface area contributed by atoms with Crippen molar-refractivity contribution in [2.24, 2.45) is 0 Å². The van der Waals surface area contributed by atoms with Gasteiger partial charge in [-0.25, -0.2) is 0 Å². The predicted octanol–water partition coefficient (Wildman–Crippen LogP) is 13.8. The van der Waals surface area contributed by atoms with Crippen LogP contribution in [0.3, 0.4) is 0 Å². The van der Waals surface area contributed by atoms with Crippen molar-refractivity contribution in [2.75, 3.05) is 4.90 Å². The van der Waals surface area contributed by atoms with E-state index in [0.717, 1.165) is 49.8 Å². The number of hydrogen-bond acceptors (Lipinski definition) is 2. The maximum Gasteiger partial charge on any atom is 0.143 e. The molecule has 8 aromatic carbocycles. The average molecular weight is 654 g/mol. The minimum absolute atomic E-state index is 0.132. The Morgan fingerprint density at radius 1 is 0.431 bits per heavy atom. The van der Waals surface area contributed by atoms with Gasteiger partial charge in [-0.1, -0.05) is 153 Å². The van der Waals surface area contributed by atoms with Gasteiger partial charge >= 0.3 is 0 Å². The summed E-state index contributed by atoms with van der Waals surface area (Å²) in [7, 11) is 0. The second-order valence-corrected chi connectivity index (χ2v) is 14.1. The molecule has 1 aliphatic carbocycles. The average Bonchev–Trinajstić information content (AvgIpc) is 3.68. The summed E-state index contributed by atoms with van der Waals surface area (Å²) in [5.74, 6) is 0. The van der Waals surface area contributed by atoms with E-state index in [4.69, 9.17) is 4.42 Å². The van der Waals surface area contributed by atoms with E-state index in [-0.39, 0.29) is 5.41 Å². The van der Waals surface area contributed by atoms with Crippen molar-refractivity contribution in [1.29, 1.82) is 0 Å². The van der Waals surface area contributed by atoms with Gasteiger partial charge in [0.1, 0.15) is 11.2 Å². The number of para-hydroxylation sites is 1. The van der Waals surface area contributed by atoms with Gasteiger partial charge in [0.15, 0.2) is 0 Å². The number of furan rings is 1. The molecule has 2 nitrogen and oxygen atoms in total. The summed E-state index contributed by atoms with van der Waals surface area (Å²) < 4.78 is 6.67. The van der Waals surface area contributed by atoms with Gasteiger partial charge < -0.3 is 9.32 Å². The van der Waals surface area contributed by atoms with E-state index in [1.807, 2.05) is 6.07 Å². The van der Waals surface area contributed by atoms with E-state index in [0.29, 0.717) is 0 Å². The molecule has 0 amide bonds. The number of benzene rings is 8. The Bertz CT molecular complexity index is 2760. The molecule has 2 heteroatoms. The van der Waals surface area contributed by atoms with Gasteiger partial charge in [0.05, 0.1) is 5.69 Å². The van der Waals surface area contributed by atoms with Crippen molar-refractivity contribution in [3.8, 4) is 33.4 Å². The van der Waals surface area contributed by atoms with Crippen LogP contribution in [0.2, 0.25) is 0 Å². The number of fused-ring (bicyclic) bond motifs is 8. The fourth-order valence-electron chi connectivity index (χ4n) is 8.36. The third-order valence-corrected chi connectivity index (χ3v) is 10.9. The van der Waals surface area contributed by atoms with Gasteiger partial charge in [0, 0.05) is 38.3 Å². The summed E-state index contributed by atoms with van der Waals surface area (Å²) in [6, 6.07) is 63.7. The van der Waals surface area contributed by atoms with Crippen LogP contribution in [0.15, 0.2) is 180 Å². The Morgan fingerprint density at radius 3 is 1.84 bits per heavy atom. The van der Waals surface area contributed by atoms with Crippen molar-refractivity contribution in [3.05, 3.63) is 187 Å². The maximum absolute atomic E-state index is 6.67. The number of anilines is 3. The quantitative estimate of drug-likeness (QED) is 0.184. The molecule has 1 aliphatic rings. The first-order valence-electron chi connectivity index (χ1n) is 17.7. The third-order valence-electron chi connectivity index (χ3n) is 10.9. The zero-order valence-corrected chi connectivity index (χ0v) is 28.6. The van der Waals surface area contributed by atoms with Gasteiger partial charge in [-0.05, 0) is 80.9 Å². The largest absolute Gasteiger partial charge is 0.455 e. The highest BCUT2D eigenvalue weighted by Crippen LogP contribution is 2.52. The Kier molecular flexibility index (Phi) is 6.56. The van der Waals surface area contributed by atoms with Gasteiger partial charge in [0.2, 0.25) is 0 Å². The molecule has 0 radical (unpaired) electrons. The van der Waals surface area contributed by atoms with Crippen LogP contribution in [-0.4, -0.2) is 0 Å². The minimum Gasteiger partial charge on any atom is -0.455 e. The second-order valence-electron chi connectivity index (χ2n) is 14.1. The molecule has 1 aromatic heterocycles. The van der Waals surface area contributed by atoms with E-state index >= 15 is 0 Å². The zero-order valence-electron chi connectivity index (χ0n) is 28.6. The standard InChI is InChI=1S/C49H35NO/c1-49(2)43-22-11-9-18-38(43)39-29-28-36(30-44(39)49)50(35-26-24-33(25-27-35)32-14-5-3-6-15-32)45-31-42-40-19-10-12-23-46(40)51-48(42)41-21-13-20-37(47(41)45)34-16-7-4-8-17-34/h3-31H,1-2H3. The molecule has 51 heavy (non-hydrogen) atoms. The van der Waals surface area contributed by atoms with Crippen molar-refractivity contribution >= 4 is 49.8 Å². The van der Waals surface area contributed by atoms with Crippen LogP contribution in [0, 0.1) is 0 Å². The maximum atomic E-state index is 6.67. The van der Waals surface area contributed by atoms with Crippen molar-refractivity contribution in [1.82, 2.24) is 0 Å². The second kappa shape index (κ2) is 11.3. The number of hydrogen-bond donors (Lipinski definition) is 0. The van der Waals surface area contributed by atoms with Crippen LogP contribution in [0.5, 0.6) is 0 Å². The van der Waals surface area contributed by atoms with Gasteiger partial charge in [-0.2, -0.15) is 0 Å². The van der Waals surface area contributed by atoms with Crippen molar-refractivity contribution in [3.63, 3.8) is 0 Å². The fourth-order valence-corrected chi connectivity index (χ4v) is 8.36. The predicted molar refractivity (Wildman–Crippen MR) is 214 cm³/mol. The first kappa shape index (κ1) is 29.5. The molecule has 0 spiro atoms. The molecule has 0 saturated heterocycles. The lowest BCUT2D eigenvalue weighted by atomic mass is 9.82. The van der Waals surface area contributed by atoms with Crippen LogP contribution in [0.1, 0.15) is 25.0 Å². The third kappa shape index (κ3) is 4.57. The van der Waals surface area contributed by atoms with Crippen LogP contribution in [-0.2, 0) is 5.41 Å². The summed E-state index contributed by atoms with van der Waals surface area (Å²) in [5.41, 5.74) is 15.1. The molecule has 0 saturated carbocycles. The molecular weight excluding hydrogens is 619 g/mol. The Morgan fingerprint density at radius 2 is 1.04 bits per heavy atom. The lowest BCUT2D eigenvalue weighted by Crippen LogP contribution is -2.16. The van der Waals surface area contributed by atoms with E-state index in [9.17, 15) is 0 Å². The molecule has 1 heterocycles. The first-order chi connectivity index (χ1) is 25.1. The molecule has 10 rings (SSSR count). The summed E-state index contributed by atoms with van der Waals surface area (Å²) in [4.78, 5) is 2.46. The Hall–Kier alpha value is -6.38. The topological polar surface area (TPSA) is 16.4 Å². The minimum atomic E-state index is -0.132. The lowest BCUT2D eigenvalue weighted by molar-refractivity contribution is 0.660. The molecule has 0 bridgehead atoms. The van der Waals surface area contributed by atoms with E-state index in [1.54, 1.807) is 0 Å². The molecule has 0 unspecified atom stereocenters. The SMILES string of the molecule is CC1(C)c2ccccc2-c2ccc(N(c3ccc(-c4ccccc4)cc3)c3cc4c5ccccc5oc4c4cccc(-c5ccccc5)c34)cc21. The summed E-state index contributed by atoms with van der Waals surface area (Å²) >= 11 is 0. The highest BCUT2D eigenvalue weighted by atomic mass is 16.3. The monoisotopic (exact) mass is 653 g/mol. The van der Waals surface area contributed by atoms with Crippen LogP contribution < -0.4 is 4.90 Å². The molecule has 0 fully saturated rings. The molecule has 0 atom stereocenters. The lowest BCUT2D eigenvalue weighted by Gasteiger charge is -2.30. The van der Waals surface area contributed by atoms with Gasteiger partial charge in [-0.15, -0.1) is 0 Å². The normalized spacial score (nSPS) is 13.1. The Balaban J connectivity index is 1.29. The Labute approximate surface area is 297 Å². The van der Waals surface area contributed by atoms with Crippen LogP contribution >= 0.6 is 0 Å². The highest BCUT2D eigenvalue weighted by Gasteiger charge is 2.36. The van der Waals surface area contributed by atoms with E-state index in [2.05, 4.69) is 189 Å². The van der Waals surface area contributed by atoms with Crippen LogP contribution in [0.4, 0.5) is 17.1 Å². The summed E-state index contributed by atoms with van der Waals surface area (Å²) in [6.07, 6.45) is 0. The van der Waals surface area contributed by atoms with Gasteiger partial charge in [-0.3, -0.25) is 0 Å². The van der Waals surface area contributed by atoms with E-state index in [1.165, 1.54) is 44.5 Å². The summed E-state index contributed by atoms with van der Waals surface area (Å²) in [6.45, 7) is 4.71. The van der Waals surface area contributed by atoms with Gasteiger partial charge in [0.25, 0.3) is 0 Å². The molecule has 0 aliphatic heterocycles. The molecule has 0 N–H and O–H groups in total. The first-order valence-corrected chi connectivity index (χ1v) is 17.7. The fraction of sp³-hybridized carbons (Fsp3) is 0.0612. The molecule has 242 valence electrons. The molecular formula is C49H35NO. The summed E-state index contributed by atoms with van der Waals surface area (Å²) in [5, 5.41) is 4.48.